The number of hydrogen-bond donors (Lipinski definition) is 1. The van der Waals surface area contributed by atoms with Gasteiger partial charge in [0.1, 0.15) is 18.1 Å². The fourth-order valence-corrected chi connectivity index (χ4v) is 2.44. The summed E-state index contributed by atoms with van der Waals surface area (Å²) in [6.45, 7) is 4.09. The summed E-state index contributed by atoms with van der Waals surface area (Å²) in [6.07, 6.45) is 0. The molecule has 2 aromatic carbocycles. The summed E-state index contributed by atoms with van der Waals surface area (Å²) in [7, 11) is 0. The lowest BCUT2D eigenvalue weighted by molar-refractivity contribution is 0.101. The molecule has 6 nitrogen and oxygen atoms in total. The number of aromatic nitrogens is 1. The van der Waals surface area contributed by atoms with Crippen molar-refractivity contribution < 1.29 is 23.2 Å². The number of ether oxygens (including phenoxy) is 2. The van der Waals surface area contributed by atoms with E-state index in [0.29, 0.717) is 29.4 Å². The van der Waals surface area contributed by atoms with E-state index in [-0.39, 0.29) is 18.1 Å². The zero-order valence-electron chi connectivity index (χ0n) is 15.0. The number of para-hydroxylation sites is 1. The maximum Gasteiger partial charge on any atom is 0.278 e. The van der Waals surface area contributed by atoms with Crippen LogP contribution in [0.15, 0.2) is 53.1 Å². The van der Waals surface area contributed by atoms with Crippen LogP contribution in [-0.4, -0.2) is 17.7 Å². The number of hydrogen-bond acceptors (Lipinski definition) is 5. The van der Waals surface area contributed by atoms with Gasteiger partial charge in [0.15, 0.2) is 17.3 Å². The van der Waals surface area contributed by atoms with Crippen molar-refractivity contribution in [3.05, 3.63) is 71.4 Å². The molecule has 0 atom stereocenters. The van der Waals surface area contributed by atoms with Gasteiger partial charge in [-0.25, -0.2) is 4.39 Å². The molecule has 0 fully saturated rings. The SMILES string of the molecule is CCOc1ccc(NC(=O)c2noc(C)c2COc2ccccc2F)cc1. The number of amides is 1. The summed E-state index contributed by atoms with van der Waals surface area (Å²) in [6, 6.07) is 13.0. The highest BCUT2D eigenvalue weighted by Crippen LogP contribution is 2.22. The lowest BCUT2D eigenvalue weighted by Gasteiger charge is -2.08. The van der Waals surface area contributed by atoms with Gasteiger partial charge >= 0.3 is 0 Å². The van der Waals surface area contributed by atoms with Gasteiger partial charge in [-0.05, 0) is 50.2 Å². The van der Waals surface area contributed by atoms with Crippen molar-refractivity contribution in [2.45, 2.75) is 20.5 Å². The van der Waals surface area contributed by atoms with Crippen LogP contribution in [0.4, 0.5) is 10.1 Å². The van der Waals surface area contributed by atoms with Gasteiger partial charge in [0.2, 0.25) is 0 Å². The molecule has 1 heterocycles. The number of carbonyl (C=O) groups is 1. The topological polar surface area (TPSA) is 73.6 Å². The van der Waals surface area contributed by atoms with Crippen molar-refractivity contribution in [2.24, 2.45) is 0 Å². The molecule has 0 aliphatic heterocycles. The third kappa shape index (κ3) is 4.44. The van der Waals surface area contributed by atoms with Gasteiger partial charge in [0.25, 0.3) is 5.91 Å². The predicted octanol–water partition coefficient (Wildman–Crippen LogP) is 4.35. The third-order valence-electron chi connectivity index (χ3n) is 3.83. The first-order valence-electron chi connectivity index (χ1n) is 8.45. The van der Waals surface area contributed by atoms with Crippen LogP contribution in [0.2, 0.25) is 0 Å². The van der Waals surface area contributed by atoms with Crippen molar-refractivity contribution in [2.75, 3.05) is 11.9 Å². The van der Waals surface area contributed by atoms with Crippen LogP contribution < -0.4 is 14.8 Å². The van der Waals surface area contributed by atoms with Gasteiger partial charge < -0.3 is 19.3 Å². The summed E-state index contributed by atoms with van der Waals surface area (Å²) in [5.41, 5.74) is 1.14. The average molecular weight is 370 g/mol. The lowest BCUT2D eigenvalue weighted by atomic mass is 10.2. The van der Waals surface area contributed by atoms with E-state index in [0.717, 1.165) is 0 Å². The zero-order chi connectivity index (χ0) is 19.2. The minimum absolute atomic E-state index is 0.0394. The van der Waals surface area contributed by atoms with E-state index in [1.54, 1.807) is 43.3 Å². The summed E-state index contributed by atoms with van der Waals surface area (Å²) in [4.78, 5) is 12.5. The summed E-state index contributed by atoms with van der Waals surface area (Å²) >= 11 is 0. The molecule has 1 N–H and O–H groups in total. The Bertz CT molecular complexity index is 922. The molecular formula is C20H19FN2O4. The second-order valence-corrected chi connectivity index (χ2v) is 5.70. The van der Waals surface area contributed by atoms with E-state index >= 15 is 0 Å². The van der Waals surface area contributed by atoms with Gasteiger partial charge in [0, 0.05) is 5.69 Å². The second kappa shape index (κ2) is 8.35. The molecule has 7 heteroatoms. The summed E-state index contributed by atoms with van der Waals surface area (Å²) in [5.74, 6) is 0.320. The van der Waals surface area contributed by atoms with Gasteiger partial charge in [-0.15, -0.1) is 0 Å². The molecule has 27 heavy (non-hydrogen) atoms. The van der Waals surface area contributed by atoms with E-state index in [9.17, 15) is 9.18 Å². The first-order valence-corrected chi connectivity index (χ1v) is 8.45. The molecule has 0 radical (unpaired) electrons. The summed E-state index contributed by atoms with van der Waals surface area (Å²) < 4.78 is 29.7. The van der Waals surface area contributed by atoms with Crippen LogP contribution in [0.1, 0.15) is 28.7 Å². The molecule has 0 bridgehead atoms. The van der Waals surface area contributed by atoms with Gasteiger partial charge in [-0.3, -0.25) is 4.79 Å². The van der Waals surface area contributed by atoms with Crippen molar-refractivity contribution >= 4 is 11.6 Å². The highest BCUT2D eigenvalue weighted by atomic mass is 19.1. The molecule has 0 saturated carbocycles. The maximum absolute atomic E-state index is 13.7. The molecule has 3 rings (SSSR count). The van der Waals surface area contributed by atoms with E-state index in [4.69, 9.17) is 14.0 Å². The number of aryl methyl sites for hydroxylation is 1. The Kier molecular flexibility index (Phi) is 5.71. The molecule has 3 aromatic rings. The van der Waals surface area contributed by atoms with Crippen LogP contribution in [0.3, 0.4) is 0 Å². The van der Waals surface area contributed by atoms with E-state index < -0.39 is 11.7 Å². The van der Waals surface area contributed by atoms with E-state index in [1.165, 1.54) is 12.1 Å². The quantitative estimate of drug-likeness (QED) is 0.669. The second-order valence-electron chi connectivity index (χ2n) is 5.70. The molecule has 140 valence electrons. The minimum atomic E-state index is -0.480. The monoisotopic (exact) mass is 370 g/mol. The number of anilines is 1. The van der Waals surface area contributed by atoms with Gasteiger partial charge in [-0.1, -0.05) is 17.3 Å². The smallest absolute Gasteiger partial charge is 0.278 e. The molecule has 1 aromatic heterocycles. The number of benzene rings is 2. The van der Waals surface area contributed by atoms with Crippen LogP contribution in [0.5, 0.6) is 11.5 Å². The Balaban J connectivity index is 1.71. The maximum atomic E-state index is 13.7. The van der Waals surface area contributed by atoms with Gasteiger partial charge in [-0.2, -0.15) is 0 Å². The Hall–Kier alpha value is -3.35. The normalized spacial score (nSPS) is 10.5. The highest BCUT2D eigenvalue weighted by molar-refractivity contribution is 6.03. The fraction of sp³-hybridized carbons (Fsp3) is 0.200. The van der Waals surface area contributed by atoms with Crippen molar-refractivity contribution in [3.63, 3.8) is 0 Å². The highest BCUT2D eigenvalue weighted by Gasteiger charge is 2.21. The van der Waals surface area contributed by atoms with E-state index in [2.05, 4.69) is 10.5 Å². The Morgan fingerprint density at radius 1 is 1.15 bits per heavy atom. The number of carbonyl (C=O) groups excluding carboxylic acids is 1. The Labute approximate surface area is 155 Å². The first-order chi connectivity index (χ1) is 13.1. The summed E-state index contributed by atoms with van der Waals surface area (Å²) in [5, 5.41) is 6.55. The van der Waals surface area contributed by atoms with Crippen molar-refractivity contribution in [3.8, 4) is 11.5 Å². The van der Waals surface area contributed by atoms with E-state index in [1.807, 2.05) is 6.92 Å². The number of nitrogens with zero attached hydrogens (tertiary/aromatic N) is 1. The van der Waals surface area contributed by atoms with Crippen molar-refractivity contribution in [1.82, 2.24) is 5.16 Å². The fourth-order valence-electron chi connectivity index (χ4n) is 2.44. The molecule has 0 unspecified atom stereocenters. The number of halogens is 1. The van der Waals surface area contributed by atoms with Crippen LogP contribution in [0.25, 0.3) is 0 Å². The lowest BCUT2D eigenvalue weighted by Crippen LogP contribution is -2.15. The average Bonchev–Trinajstić information content (AvgIpc) is 3.03. The molecule has 0 saturated heterocycles. The van der Waals surface area contributed by atoms with Gasteiger partial charge in [0.05, 0.1) is 12.2 Å². The zero-order valence-corrected chi connectivity index (χ0v) is 15.0. The van der Waals surface area contributed by atoms with Crippen LogP contribution in [0, 0.1) is 12.7 Å². The molecule has 0 spiro atoms. The first kappa shape index (κ1) is 18.4. The molecule has 1 amide bonds. The van der Waals surface area contributed by atoms with Crippen LogP contribution >= 0.6 is 0 Å². The minimum Gasteiger partial charge on any atom is -0.494 e. The Morgan fingerprint density at radius 3 is 2.59 bits per heavy atom. The van der Waals surface area contributed by atoms with Crippen molar-refractivity contribution in [1.29, 1.82) is 0 Å². The Morgan fingerprint density at radius 2 is 1.89 bits per heavy atom. The number of nitrogens with one attached hydrogen (secondary N) is 1. The predicted molar refractivity (Wildman–Crippen MR) is 97.5 cm³/mol. The largest absolute Gasteiger partial charge is 0.494 e. The van der Waals surface area contributed by atoms with Crippen LogP contribution in [-0.2, 0) is 6.61 Å². The molecule has 0 aliphatic carbocycles. The molecular weight excluding hydrogens is 351 g/mol. The number of rotatable bonds is 7. The third-order valence-corrected chi connectivity index (χ3v) is 3.83. The molecule has 0 aliphatic rings. The standard InChI is InChI=1S/C20H19FN2O4/c1-3-25-15-10-8-14(9-11-15)22-20(24)19-16(13(2)27-23-19)12-26-18-7-5-4-6-17(18)21/h4-11H,3,12H2,1-2H3,(H,22,24).